The van der Waals surface area contributed by atoms with Gasteiger partial charge in [-0.05, 0) is 42.7 Å². The predicted molar refractivity (Wildman–Crippen MR) is 89.9 cm³/mol. The Bertz CT molecular complexity index is 824. The van der Waals surface area contributed by atoms with E-state index in [4.69, 9.17) is 0 Å². The first-order valence-corrected chi connectivity index (χ1v) is 7.71. The maximum absolute atomic E-state index is 12.0. The summed E-state index contributed by atoms with van der Waals surface area (Å²) in [6.45, 7) is 2.51. The molecule has 23 heavy (non-hydrogen) atoms. The van der Waals surface area contributed by atoms with Crippen molar-refractivity contribution in [3.8, 4) is 0 Å². The third kappa shape index (κ3) is 3.56. The summed E-state index contributed by atoms with van der Waals surface area (Å²) in [6, 6.07) is 9.98. The molecule has 5 heteroatoms. The van der Waals surface area contributed by atoms with Crippen LogP contribution in [0.1, 0.15) is 23.4 Å². The number of carbonyl (C=O) groups excluding carboxylic acids is 1. The van der Waals surface area contributed by atoms with Crippen LogP contribution in [0.4, 0.5) is 0 Å². The summed E-state index contributed by atoms with van der Waals surface area (Å²) in [6.07, 6.45) is 4.71. The molecule has 1 N–H and O–H groups in total. The van der Waals surface area contributed by atoms with E-state index in [0.29, 0.717) is 19.4 Å². The number of hydrogen-bond donors (Lipinski definition) is 1. The molecule has 3 aromatic rings. The molecule has 0 bridgehead atoms. The van der Waals surface area contributed by atoms with E-state index in [0.717, 1.165) is 28.0 Å². The molecule has 2 aromatic heterocycles. The van der Waals surface area contributed by atoms with Crippen LogP contribution in [-0.4, -0.2) is 20.4 Å². The quantitative estimate of drug-likeness (QED) is 0.788. The molecule has 0 saturated carbocycles. The van der Waals surface area contributed by atoms with Gasteiger partial charge in [-0.3, -0.25) is 9.78 Å². The van der Waals surface area contributed by atoms with Crippen molar-refractivity contribution in [3.63, 3.8) is 0 Å². The van der Waals surface area contributed by atoms with Gasteiger partial charge in [0.2, 0.25) is 5.91 Å². The highest BCUT2D eigenvalue weighted by atomic mass is 16.1. The van der Waals surface area contributed by atoms with Gasteiger partial charge in [0.25, 0.3) is 0 Å². The van der Waals surface area contributed by atoms with Crippen molar-refractivity contribution < 1.29 is 4.79 Å². The number of benzene rings is 1. The monoisotopic (exact) mass is 308 g/mol. The zero-order valence-corrected chi connectivity index (χ0v) is 13.4. The molecule has 2 heterocycles. The fourth-order valence-electron chi connectivity index (χ4n) is 2.57. The van der Waals surface area contributed by atoms with E-state index >= 15 is 0 Å². The summed E-state index contributed by atoms with van der Waals surface area (Å²) in [5.74, 6) is 1.03. The number of rotatable bonds is 5. The Balaban J connectivity index is 1.56. The molecule has 0 radical (unpaired) electrons. The van der Waals surface area contributed by atoms with Gasteiger partial charge in [-0.25, -0.2) is 4.98 Å². The highest BCUT2D eigenvalue weighted by Gasteiger charge is 2.06. The number of nitrogens with zero attached hydrogens (tertiary/aromatic N) is 3. The SMILES string of the molecule is Cc1nc2cc(CNC(=O)CCc3cccnc3)ccc2n1C. The number of nitrogens with one attached hydrogen (secondary N) is 1. The van der Waals surface area contributed by atoms with E-state index < -0.39 is 0 Å². The Kier molecular flexibility index (Phi) is 4.37. The molecule has 5 nitrogen and oxygen atoms in total. The van der Waals surface area contributed by atoms with Crippen LogP contribution >= 0.6 is 0 Å². The molecule has 0 spiro atoms. The fourth-order valence-corrected chi connectivity index (χ4v) is 2.57. The molecule has 1 amide bonds. The summed E-state index contributed by atoms with van der Waals surface area (Å²) in [4.78, 5) is 20.5. The van der Waals surface area contributed by atoms with Crippen LogP contribution in [0.25, 0.3) is 11.0 Å². The maximum atomic E-state index is 12.0. The maximum Gasteiger partial charge on any atom is 0.220 e. The smallest absolute Gasteiger partial charge is 0.220 e. The standard InChI is InChI=1S/C18H20N4O/c1-13-21-16-10-15(5-7-17(16)22(13)2)12-20-18(23)8-6-14-4-3-9-19-11-14/h3-5,7,9-11H,6,8,12H2,1-2H3,(H,20,23). The predicted octanol–water partition coefficient (Wildman–Crippen LogP) is 2.53. The topological polar surface area (TPSA) is 59.8 Å². The summed E-state index contributed by atoms with van der Waals surface area (Å²) >= 11 is 0. The van der Waals surface area contributed by atoms with Gasteiger partial charge in [0, 0.05) is 32.4 Å². The number of aromatic nitrogens is 3. The van der Waals surface area contributed by atoms with Crippen LogP contribution in [-0.2, 0) is 24.8 Å². The van der Waals surface area contributed by atoms with Crippen LogP contribution in [0.3, 0.4) is 0 Å². The highest BCUT2D eigenvalue weighted by Crippen LogP contribution is 2.16. The zero-order chi connectivity index (χ0) is 16.2. The van der Waals surface area contributed by atoms with Gasteiger partial charge in [-0.1, -0.05) is 12.1 Å². The van der Waals surface area contributed by atoms with Crippen molar-refractivity contribution in [1.29, 1.82) is 0 Å². The number of amides is 1. The Morgan fingerprint density at radius 2 is 2.13 bits per heavy atom. The van der Waals surface area contributed by atoms with Crippen molar-refractivity contribution in [1.82, 2.24) is 19.9 Å². The highest BCUT2D eigenvalue weighted by molar-refractivity contribution is 5.78. The zero-order valence-electron chi connectivity index (χ0n) is 13.4. The molecule has 0 unspecified atom stereocenters. The first-order valence-electron chi connectivity index (χ1n) is 7.71. The lowest BCUT2D eigenvalue weighted by Crippen LogP contribution is -2.23. The van der Waals surface area contributed by atoms with Gasteiger partial charge in [0.15, 0.2) is 0 Å². The average Bonchev–Trinajstić information content (AvgIpc) is 2.86. The first-order chi connectivity index (χ1) is 11.1. The van der Waals surface area contributed by atoms with Crippen LogP contribution in [0.15, 0.2) is 42.7 Å². The molecule has 118 valence electrons. The minimum Gasteiger partial charge on any atom is -0.352 e. The van der Waals surface area contributed by atoms with E-state index in [2.05, 4.69) is 19.9 Å². The molecule has 0 atom stereocenters. The minimum absolute atomic E-state index is 0.0474. The van der Waals surface area contributed by atoms with Gasteiger partial charge in [0.1, 0.15) is 5.82 Å². The third-order valence-electron chi connectivity index (χ3n) is 4.02. The number of pyridine rings is 1. The lowest BCUT2D eigenvalue weighted by atomic mass is 10.1. The molecular formula is C18H20N4O. The summed E-state index contributed by atoms with van der Waals surface area (Å²) in [5, 5.41) is 2.96. The van der Waals surface area contributed by atoms with Crippen molar-refractivity contribution in [2.24, 2.45) is 7.05 Å². The molecule has 3 rings (SSSR count). The third-order valence-corrected chi connectivity index (χ3v) is 4.02. The lowest BCUT2D eigenvalue weighted by Gasteiger charge is -2.06. The summed E-state index contributed by atoms with van der Waals surface area (Å²) in [5.41, 5.74) is 4.21. The molecule has 0 aliphatic carbocycles. The van der Waals surface area contributed by atoms with Crippen LogP contribution in [0.5, 0.6) is 0 Å². The molecule has 0 aliphatic rings. The number of aryl methyl sites for hydroxylation is 3. The summed E-state index contributed by atoms with van der Waals surface area (Å²) in [7, 11) is 2.00. The van der Waals surface area contributed by atoms with E-state index in [1.54, 1.807) is 12.4 Å². The normalized spacial score (nSPS) is 10.9. The van der Waals surface area contributed by atoms with Crippen molar-refractivity contribution in [3.05, 3.63) is 59.7 Å². The second-order valence-electron chi connectivity index (χ2n) is 5.68. The van der Waals surface area contributed by atoms with Crippen molar-refractivity contribution in [2.45, 2.75) is 26.3 Å². The molecular weight excluding hydrogens is 288 g/mol. The average molecular weight is 308 g/mol. The Hall–Kier alpha value is -2.69. The van der Waals surface area contributed by atoms with Gasteiger partial charge in [-0.2, -0.15) is 0 Å². The lowest BCUT2D eigenvalue weighted by molar-refractivity contribution is -0.121. The summed E-state index contributed by atoms with van der Waals surface area (Å²) < 4.78 is 2.06. The number of imidazole rings is 1. The second-order valence-corrected chi connectivity index (χ2v) is 5.68. The molecule has 0 aliphatic heterocycles. The van der Waals surface area contributed by atoms with E-state index in [1.807, 2.05) is 44.3 Å². The number of carbonyl (C=O) groups is 1. The van der Waals surface area contributed by atoms with Crippen LogP contribution in [0, 0.1) is 6.92 Å². The van der Waals surface area contributed by atoms with Gasteiger partial charge >= 0.3 is 0 Å². The van der Waals surface area contributed by atoms with E-state index in [-0.39, 0.29) is 5.91 Å². The second kappa shape index (κ2) is 6.60. The van der Waals surface area contributed by atoms with E-state index in [9.17, 15) is 4.79 Å². The minimum atomic E-state index is 0.0474. The Labute approximate surface area is 135 Å². The van der Waals surface area contributed by atoms with Crippen molar-refractivity contribution in [2.75, 3.05) is 0 Å². The molecule has 1 aromatic carbocycles. The van der Waals surface area contributed by atoms with Gasteiger partial charge in [0.05, 0.1) is 11.0 Å². The number of fused-ring (bicyclic) bond motifs is 1. The van der Waals surface area contributed by atoms with E-state index in [1.165, 1.54) is 0 Å². The molecule has 0 fully saturated rings. The Morgan fingerprint density at radius 1 is 1.26 bits per heavy atom. The number of hydrogen-bond acceptors (Lipinski definition) is 3. The fraction of sp³-hybridized carbons (Fsp3) is 0.278. The van der Waals surface area contributed by atoms with Gasteiger partial charge < -0.3 is 9.88 Å². The first kappa shape index (κ1) is 15.2. The Morgan fingerprint density at radius 3 is 2.91 bits per heavy atom. The van der Waals surface area contributed by atoms with Crippen LogP contribution < -0.4 is 5.32 Å². The van der Waals surface area contributed by atoms with Crippen molar-refractivity contribution >= 4 is 16.9 Å². The van der Waals surface area contributed by atoms with Crippen LogP contribution in [0.2, 0.25) is 0 Å². The van der Waals surface area contributed by atoms with Gasteiger partial charge in [-0.15, -0.1) is 0 Å². The molecule has 0 saturated heterocycles. The largest absolute Gasteiger partial charge is 0.352 e.